The van der Waals surface area contributed by atoms with Gasteiger partial charge in [-0.3, -0.25) is 14.4 Å². The van der Waals surface area contributed by atoms with Crippen molar-refractivity contribution in [3.8, 4) is 0 Å². The van der Waals surface area contributed by atoms with Crippen LogP contribution in [0, 0.1) is 11.8 Å². The van der Waals surface area contributed by atoms with Gasteiger partial charge < -0.3 is 14.2 Å². The van der Waals surface area contributed by atoms with Crippen molar-refractivity contribution in [3.63, 3.8) is 0 Å². The monoisotopic (exact) mass is 304 g/mol. The average Bonchev–Trinajstić information content (AvgIpc) is 2.41. The zero-order valence-electron chi connectivity index (χ0n) is 12.0. The lowest BCUT2D eigenvalue weighted by atomic mass is 10.00. The van der Waals surface area contributed by atoms with Crippen molar-refractivity contribution in [2.75, 3.05) is 12.8 Å². The van der Waals surface area contributed by atoms with E-state index in [9.17, 15) is 14.4 Å². The van der Waals surface area contributed by atoms with Crippen LogP contribution in [0.3, 0.4) is 0 Å². The fraction of sp³-hybridized carbons (Fsp3) is 0.769. The Morgan fingerprint density at radius 2 is 2.10 bits per heavy atom. The second-order valence-corrected chi connectivity index (χ2v) is 5.48. The predicted molar refractivity (Wildman–Crippen MR) is 73.9 cm³/mol. The SMILES string of the molecule is CC(C)C(=O)O[C@H]1[C@H](C)OC(=O)CCOC(=O)[C@@H]1CP. The van der Waals surface area contributed by atoms with Gasteiger partial charge in [0.1, 0.15) is 18.6 Å². The highest BCUT2D eigenvalue weighted by molar-refractivity contribution is 7.16. The number of esters is 3. The van der Waals surface area contributed by atoms with Gasteiger partial charge in [-0.2, -0.15) is 0 Å². The number of carbonyl (C=O) groups is 3. The van der Waals surface area contributed by atoms with Gasteiger partial charge in [0.15, 0.2) is 6.10 Å². The van der Waals surface area contributed by atoms with Crippen LogP contribution in [-0.4, -0.2) is 42.9 Å². The fourth-order valence-corrected chi connectivity index (χ4v) is 2.28. The summed E-state index contributed by atoms with van der Waals surface area (Å²) in [6.45, 7) is 4.99. The molecule has 114 valence electrons. The second-order valence-electron chi connectivity index (χ2n) is 5.01. The van der Waals surface area contributed by atoms with E-state index in [1.54, 1.807) is 20.8 Å². The van der Waals surface area contributed by atoms with Crippen LogP contribution in [0.1, 0.15) is 27.2 Å². The van der Waals surface area contributed by atoms with Crippen molar-refractivity contribution in [2.45, 2.75) is 39.4 Å². The summed E-state index contributed by atoms with van der Waals surface area (Å²) in [5, 5.41) is 0. The Bertz CT molecular complexity index is 381. The Hall–Kier alpha value is -1.16. The molecule has 1 unspecified atom stereocenters. The van der Waals surface area contributed by atoms with Crippen LogP contribution >= 0.6 is 9.24 Å². The van der Waals surface area contributed by atoms with Crippen LogP contribution in [-0.2, 0) is 28.6 Å². The summed E-state index contributed by atoms with van der Waals surface area (Å²) in [7, 11) is 2.43. The molecule has 1 aliphatic rings. The van der Waals surface area contributed by atoms with Crippen LogP contribution in [0.15, 0.2) is 0 Å². The third kappa shape index (κ3) is 4.44. The molecular weight excluding hydrogens is 283 g/mol. The van der Waals surface area contributed by atoms with Crippen molar-refractivity contribution < 1.29 is 28.6 Å². The maximum absolute atomic E-state index is 12.0. The molecule has 1 heterocycles. The van der Waals surface area contributed by atoms with Gasteiger partial charge in [0, 0.05) is 0 Å². The first kappa shape index (κ1) is 16.9. The van der Waals surface area contributed by atoms with Gasteiger partial charge in [0.2, 0.25) is 0 Å². The molecule has 0 aliphatic carbocycles. The number of hydrogen-bond donors (Lipinski definition) is 0. The summed E-state index contributed by atoms with van der Waals surface area (Å²) >= 11 is 0. The zero-order chi connectivity index (χ0) is 15.3. The van der Waals surface area contributed by atoms with Crippen molar-refractivity contribution in [3.05, 3.63) is 0 Å². The predicted octanol–water partition coefficient (Wildman–Crippen LogP) is 0.924. The smallest absolute Gasteiger partial charge is 0.313 e. The van der Waals surface area contributed by atoms with Gasteiger partial charge in [-0.1, -0.05) is 13.8 Å². The minimum atomic E-state index is -0.836. The highest BCUT2D eigenvalue weighted by Gasteiger charge is 2.38. The Morgan fingerprint density at radius 3 is 2.65 bits per heavy atom. The van der Waals surface area contributed by atoms with Gasteiger partial charge in [-0.05, 0) is 13.1 Å². The Morgan fingerprint density at radius 1 is 1.45 bits per heavy atom. The topological polar surface area (TPSA) is 78.9 Å². The molecule has 0 N–H and O–H groups in total. The Labute approximate surface area is 120 Å². The third-order valence-electron chi connectivity index (χ3n) is 3.01. The summed E-state index contributed by atoms with van der Waals surface area (Å²) in [6, 6.07) is 0. The van der Waals surface area contributed by atoms with E-state index in [2.05, 4.69) is 9.24 Å². The van der Waals surface area contributed by atoms with E-state index in [-0.39, 0.29) is 18.9 Å². The Balaban J connectivity index is 2.96. The van der Waals surface area contributed by atoms with Gasteiger partial charge in [-0.25, -0.2) is 0 Å². The fourth-order valence-electron chi connectivity index (χ4n) is 1.82. The van der Waals surface area contributed by atoms with Crippen LogP contribution in [0.5, 0.6) is 0 Å². The molecule has 0 bridgehead atoms. The summed E-state index contributed by atoms with van der Waals surface area (Å²) in [6.07, 6.45) is -1.17. The van der Waals surface area contributed by atoms with E-state index in [1.807, 2.05) is 0 Å². The molecule has 0 radical (unpaired) electrons. The van der Waals surface area contributed by atoms with E-state index in [0.29, 0.717) is 6.16 Å². The first-order valence-electron chi connectivity index (χ1n) is 6.63. The average molecular weight is 304 g/mol. The number of hydrogen-bond acceptors (Lipinski definition) is 6. The van der Waals surface area contributed by atoms with E-state index < -0.39 is 36.0 Å². The summed E-state index contributed by atoms with van der Waals surface area (Å²) in [4.78, 5) is 35.2. The molecule has 7 heteroatoms. The van der Waals surface area contributed by atoms with Crippen molar-refractivity contribution >= 4 is 27.1 Å². The lowest BCUT2D eigenvalue weighted by Gasteiger charge is -2.28. The van der Waals surface area contributed by atoms with E-state index in [1.165, 1.54) is 0 Å². The van der Waals surface area contributed by atoms with Gasteiger partial charge in [-0.15, -0.1) is 9.24 Å². The van der Waals surface area contributed by atoms with Crippen LogP contribution in [0.4, 0.5) is 0 Å². The van der Waals surface area contributed by atoms with E-state index >= 15 is 0 Å². The molecule has 4 atom stereocenters. The summed E-state index contributed by atoms with van der Waals surface area (Å²) < 4.78 is 15.5. The highest BCUT2D eigenvalue weighted by atomic mass is 31.0. The Kier molecular flexibility index (Phi) is 6.40. The molecule has 20 heavy (non-hydrogen) atoms. The maximum atomic E-state index is 12.0. The standard InChI is InChI=1S/C13H21O6P/c1-7(2)12(15)19-11-8(3)18-10(14)4-5-17-13(16)9(11)6-20/h7-9,11H,4-6,20H2,1-3H3/t8-,9+,11-/m0/s1. The molecule has 6 nitrogen and oxygen atoms in total. The minimum Gasteiger partial charge on any atom is -0.465 e. The maximum Gasteiger partial charge on any atom is 0.313 e. The lowest BCUT2D eigenvalue weighted by Crippen LogP contribution is -2.43. The third-order valence-corrected chi connectivity index (χ3v) is 3.52. The number of ether oxygens (including phenoxy) is 3. The molecule has 1 saturated heterocycles. The molecular formula is C13H21O6P. The first-order chi connectivity index (χ1) is 9.36. The van der Waals surface area contributed by atoms with Crippen LogP contribution in [0.2, 0.25) is 0 Å². The normalized spacial score (nSPS) is 27.9. The van der Waals surface area contributed by atoms with E-state index in [0.717, 1.165) is 0 Å². The quantitative estimate of drug-likeness (QED) is 0.438. The number of rotatable bonds is 3. The van der Waals surface area contributed by atoms with Gasteiger partial charge in [0.25, 0.3) is 0 Å². The summed E-state index contributed by atoms with van der Waals surface area (Å²) in [5.41, 5.74) is 0. The molecule has 1 fully saturated rings. The molecule has 1 rings (SSSR count). The second kappa shape index (κ2) is 7.58. The molecule has 1 aliphatic heterocycles. The molecule has 0 aromatic heterocycles. The van der Waals surface area contributed by atoms with Crippen molar-refractivity contribution in [2.24, 2.45) is 11.8 Å². The number of carbonyl (C=O) groups excluding carboxylic acids is 3. The summed E-state index contributed by atoms with van der Waals surface area (Å²) in [5.74, 6) is -2.38. The largest absolute Gasteiger partial charge is 0.465 e. The van der Waals surface area contributed by atoms with Gasteiger partial charge in [0.05, 0.1) is 12.3 Å². The van der Waals surface area contributed by atoms with E-state index in [4.69, 9.17) is 14.2 Å². The molecule has 0 amide bonds. The lowest BCUT2D eigenvalue weighted by molar-refractivity contribution is -0.175. The number of cyclic esters (lactones) is 2. The van der Waals surface area contributed by atoms with Crippen LogP contribution < -0.4 is 0 Å². The first-order valence-corrected chi connectivity index (χ1v) is 7.45. The van der Waals surface area contributed by atoms with Gasteiger partial charge >= 0.3 is 17.9 Å². The highest BCUT2D eigenvalue weighted by Crippen LogP contribution is 2.22. The zero-order valence-corrected chi connectivity index (χ0v) is 13.1. The molecule has 0 spiro atoms. The van der Waals surface area contributed by atoms with Crippen LogP contribution in [0.25, 0.3) is 0 Å². The minimum absolute atomic E-state index is 0.00447. The van der Waals surface area contributed by atoms with Crippen molar-refractivity contribution in [1.29, 1.82) is 0 Å². The molecule has 0 saturated carbocycles. The molecule has 0 aromatic rings. The molecule has 0 aromatic carbocycles. The van der Waals surface area contributed by atoms with Crippen molar-refractivity contribution in [1.82, 2.24) is 0 Å².